The molecule has 1 aromatic heterocycles. The first-order valence-corrected chi connectivity index (χ1v) is 6.24. The minimum atomic E-state index is -4.29. The number of hydrogen-bond acceptors (Lipinski definition) is 2. The minimum absolute atomic E-state index is 0.466. The maximum Gasteiger partial charge on any atom is 0.416 e. The fourth-order valence-corrected chi connectivity index (χ4v) is 1.98. The van der Waals surface area contributed by atoms with Crippen molar-refractivity contribution in [3.63, 3.8) is 0 Å². The number of alkyl halides is 3. The van der Waals surface area contributed by atoms with E-state index in [0.717, 1.165) is 35.5 Å². The third-order valence-electron chi connectivity index (χ3n) is 3.19. The molecule has 0 aliphatic heterocycles. The molecule has 3 nitrogen and oxygen atoms in total. The van der Waals surface area contributed by atoms with Crippen molar-refractivity contribution in [2.45, 2.75) is 26.2 Å². The molecule has 1 aromatic carbocycles. The average Bonchev–Trinajstić information content (AvgIpc) is 2.72. The summed E-state index contributed by atoms with van der Waals surface area (Å²) in [5.41, 5.74) is 2.26. The van der Waals surface area contributed by atoms with Gasteiger partial charge in [-0.15, -0.1) is 0 Å². The summed E-state index contributed by atoms with van der Waals surface area (Å²) in [7, 11) is 1.85. The molecule has 0 saturated heterocycles. The van der Waals surface area contributed by atoms with Gasteiger partial charge in [0, 0.05) is 17.8 Å². The molecule has 0 spiro atoms. The molecule has 6 heteroatoms. The topological polar surface area (TPSA) is 29.9 Å². The molecule has 0 saturated carbocycles. The highest BCUT2D eigenvalue weighted by atomic mass is 19.4. The molecular weight excluding hydrogens is 267 g/mol. The molecule has 20 heavy (non-hydrogen) atoms. The smallest absolute Gasteiger partial charge is 0.316 e. The second-order valence-electron chi connectivity index (χ2n) is 4.64. The summed E-state index contributed by atoms with van der Waals surface area (Å²) in [4.78, 5) is 0. The SMILES string of the molecule is CNCc1cnn(Cc2ccc(C(F)(F)F)cc2)c1C. The molecule has 0 unspecified atom stereocenters. The number of hydrogen-bond donors (Lipinski definition) is 1. The van der Waals surface area contributed by atoms with E-state index in [-0.39, 0.29) is 0 Å². The van der Waals surface area contributed by atoms with E-state index in [4.69, 9.17) is 0 Å². The molecule has 0 fully saturated rings. The van der Waals surface area contributed by atoms with E-state index in [1.165, 1.54) is 12.1 Å². The van der Waals surface area contributed by atoms with Gasteiger partial charge < -0.3 is 5.32 Å². The highest BCUT2D eigenvalue weighted by molar-refractivity contribution is 5.25. The van der Waals surface area contributed by atoms with Crippen molar-refractivity contribution < 1.29 is 13.2 Å². The Morgan fingerprint density at radius 2 is 1.85 bits per heavy atom. The van der Waals surface area contributed by atoms with E-state index >= 15 is 0 Å². The van der Waals surface area contributed by atoms with Crippen LogP contribution in [0, 0.1) is 6.92 Å². The van der Waals surface area contributed by atoms with Crippen LogP contribution in [0.4, 0.5) is 13.2 Å². The lowest BCUT2D eigenvalue weighted by Crippen LogP contribution is -2.09. The Labute approximate surface area is 115 Å². The maximum absolute atomic E-state index is 12.5. The van der Waals surface area contributed by atoms with Gasteiger partial charge in [-0.3, -0.25) is 4.68 Å². The number of benzene rings is 1. The van der Waals surface area contributed by atoms with Crippen LogP contribution in [-0.2, 0) is 19.3 Å². The van der Waals surface area contributed by atoms with E-state index in [2.05, 4.69) is 10.4 Å². The monoisotopic (exact) mass is 283 g/mol. The Hall–Kier alpha value is -1.82. The van der Waals surface area contributed by atoms with Gasteiger partial charge >= 0.3 is 6.18 Å². The van der Waals surface area contributed by atoms with Crippen molar-refractivity contribution in [2.75, 3.05) is 7.05 Å². The standard InChI is InChI=1S/C14H16F3N3/c1-10-12(7-18-2)8-19-20(10)9-11-3-5-13(6-4-11)14(15,16)17/h3-6,8,18H,7,9H2,1-2H3. The van der Waals surface area contributed by atoms with E-state index in [0.29, 0.717) is 6.54 Å². The molecule has 2 rings (SSSR count). The first-order chi connectivity index (χ1) is 9.41. The predicted molar refractivity (Wildman–Crippen MR) is 70.3 cm³/mol. The average molecular weight is 283 g/mol. The molecule has 2 aromatic rings. The molecule has 0 amide bonds. The van der Waals surface area contributed by atoms with Gasteiger partial charge in [-0.05, 0) is 31.7 Å². The highest BCUT2D eigenvalue weighted by Crippen LogP contribution is 2.29. The van der Waals surface area contributed by atoms with Crippen molar-refractivity contribution in [3.05, 3.63) is 52.8 Å². The van der Waals surface area contributed by atoms with Gasteiger partial charge in [-0.1, -0.05) is 12.1 Å². The Bertz CT molecular complexity index is 570. The fourth-order valence-electron chi connectivity index (χ4n) is 1.98. The Morgan fingerprint density at radius 1 is 1.20 bits per heavy atom. The van der Waals surface area contributed by atoms with Crippen LogP contribution in [0.15, 0.2) is 30.5 Å². The molecule has 0 bridgehead atoms. The first-order valence-electron chi connectivity index (χ1n) is 6.24. The lowest BCUT2D eigenvalue weighted by Gasteiger charge is -2.09. The van der Waals surface area contributed by atoms with Gasteiger partial charge in [-0.25, -0.2) is 0 Å². The molecule has 0 radical (unpaired) electrons. The van der Waals surface area contributed by atoms with Crippen LogP contribution in [0.5, 0.6) is 0 Å². The summed E-state index contributed by atoms with van der Waals surface area (Å²) in [6, 6.07) is 5.18. The maximum atomic E-state index is 12.5. The Kier molecular flexibility index (Phi) is 4.13. The zero-order valence-corrected chi connectivity index (χ0v) is 11.3. The van der Waals surface area contributed by atoms with Crippen molar-refractivity contribution in [2.24, 2.45) is 0 Å². The molecule has 108 valence electrons. The number of halogens is 3. The second kappa shape index (κ2) is 5.66. The first kappa shape index (κ1) is 14.6. The van der Waals surface area contributed by atoms with Gasteiger partial charge in [0.25, 0.3) is 0 Å². The van der Waals surface area contributed by atoms with Gasteiger partial charge in [0.1, 0.15) is 0 Å². The van der Waals surface area contributed by atoms with Crippen molar-refractivity contribution in [3.8, 4) is 0 Å². The summed E-state index contributed by atoms with van der Waals surface area (Å²) in [6.45, 7) is 3.14. The largest absolute Gasteiger partial charge is 0.416 e. The number of nitrogens with zero attached hydrogens (tertiary/aromatic N) is 2. The Balaban J connectivity index is 2.14. The summed E-state index contributed by atoms with van der Waals surface area (Å²) >= 11 is 0. The zero-order chi connectivity index (χ0) is 14.8. The summed E-state index contributed by atoms with van der Waals surface area (Å²) in [5.74, 6) is 0. The summed E-state index contributed by atoms with van der Waals surface area (Å²) in [6.07, 6.45) is -2.52. The van der Waals surface area contributed by atoms with Crippen LogP contribution in [0.1, 0.15) is 22.4 Å². The van der Waals surface area contributed by atoms with Gasteiger partial charge in [0.15, 0.2) is 0 Å². The lowest BCUT2D eigenvalue weighted by molar-refractivity contribution is -0.137. The normalized spacial score (nSPS) is 11.8. The van der Waals surface area contributed by atoms with E-state index < -0.39 is 11.7 Å². The summed E-state index contributed by atoms with van der Waals surface area (Å²) in [5, 5.41) is 7.30. The quantitative estimate of drug-likeness (QED) is 0.935. The zero-order valence-electron chi connectivity index (χ0n) is 11.3. The second-order valence-corrected chi connectivity index (χ2v) is 4.64. The molecule has 0 aliphatic carbocycles. The van der Waals surface area contributed by atoms with Crippen LogP contribution in [0.25, 0.3) is 0 Å². The third kappa shape index (κ3) is 3.19. The van der Waals surface area contributed by atoms with Gasteiger partial charge in [-0.2, -0.15) is 18.3 Å². The van der Waals surface area contributed by atoms with E-state index in [1.807, 2.05) is 14.0 Å². The minimum Gasteiger partial charge on any atom is -0.316 e. The van der Waals surface area contributed by atoms with Crippen molar-refractivity contribution in [1.29, 1.82) is 0 Å². The van der Waals surface area contributed by atoms with Gasteiger partial charge in [0.2, 0.25) is 0 Å². The predicted octanol–water partition coefficient (Wildman–Crippen LogP) is 2.98. The molecule has 1 N–H and O–H groups in total. The van der Waals surface area contributed by atoms with Crippen LogP contribution in [0.3, 0.4) is 0 Å². The third-order valence-corrected chi connectivity index (χ3v) is 3.19. The van der Waals surface area contributed by atoms with E-state index in [9.17, 15) is 13.2 Å². The van der Waals surface area contributed by atoms with Crippen LogP contribution in [-0.4, -0.2) is 16.8 Å². The Morgan fingerprint density at radius 3 is 2.40 bits per heavy atom. The molecular formula is C14H16F3N3. The molecule has 0 atom stereocenters. The van der Waals surface area contributed by atoms with Crippen molar-refractivity contribution in [1.82, 2.24) is 15.1 Å². The number of nitrogens with one attached hydrogen (secondary N) is 1. The van der Waals surface area contributed by atoms with Crippen LogP contribution >= 0.6 is 0 Å². The van der Waals surface area contributed by atoms with Crippen molar-refractivity contribution >= 4 is 0 Å². The number of aromatic nitrogens is 2. The fraction of sp³-hybridized carbons (Fsp3) is 0.357. The molecule has 1 heterocycles. The molecule has 0 aliphatic rings. The van der Waals surface area contributed by atoms with E-state index in [1.54, 1.807) is 10.9 Å². The summed E-state index contributed by atoms with van der Waals surface area (Å²) < 4.78 is 39.2. The highest BCUT2D eigenvalue weighted by Gasteiger charge is 2.29. The van der Waals surface area contributed by atoms with Crippen LogP contribution in [0.2, 0.25) is 0 Å². The van der Waals surface area contributed by atoms with Crippen LogP contribution < -0.4 is 5.32 Å². The number of rotatable bonds is 4. The van der Waals surface area contributed by atoms with Gasteiger partial charge in [0.05, 0.1) is 18.3 Å². The lowest BCUT2D eigenvalue weighted by atomic mass is 10.1.